The number of hydrogen-bond donors (Lipinski definition) is 3. The van der Waals surface area contributed by atoms with Crippen molar-refractivity contribution in [1.82, 2.24) is 4.90 Å². The van der Waals surface area contributed by atoms with Crippen LogP contribution in [0.4, 0.5) is 0 Å². The van der Waals surface area contributed by atoms with Gasteiger partial charge in [0.25, 0.3) is 0 Å². The Morgan fingerprint density at radius 3 is 2.75 bits per heavy atom. The molecule has 1 aromatic rings. The molecule has 2 unspecified atom stereocenters. The number of hydrogen-bond acceptors (Lipinski definition) is 5. The summed E-state index contributed by atoms with van der Waals surface area (Å²) < 4.78 is 5.39. The standard InChI is InChI=1S/C14H20N2O3S/c15-14(20)11-3-1-10(2-4-11)13(18)8-16-5-6-19-12(7-16)9-17/h1-4,12-13,17-18H,5-9H2,(H2,15,20). The first kappa shape index (κ1) is 15.3. The molecule has 1 aromatic carbocycles. The smallest absolute Gasteiger partial charge is 0.103 e. The van der Waals surface area contributed by atoms with Crippen molar-refractivity contribution < 1.29 is 14.9 Å². The van der Waals surface area contributed by atoms with Crippen molar-refractivity contribution in [2.45, 2.75) is 12.2 Å². The molecule has 5 nitrogen and oxygen atoms in total. The molecule has 110 valence electrons. The van der Waals surface area contributed by atoms with E-state index in [1.807, 2.05) is 24.3 Å². The first-order chi connectivity index (χ1) is 9.60. The van der Waals surface area contributed by atoms with Crippen LogP contribution in [0.5, 0.6) is 0 Å². The minimum atomic E-state index is -0.576. The zero-order valence-electron chi connectivity index (χ0n) is 11.2. The number of ether oxygens (including phenoxy) is 1. The number of rotatable bonds is 5. The number of aliphatic hydroxyl groups is 2. The van der Waals surface area contributed by atoms with Gasteiger partial charge in [0.2, 0.25) is 0 Å². The summed E-state index contributed by atoms with van der Waals surface area (Å²) in [5.41, 5.74) is 7.17. The number of nitrogens with zero attached hydrogens (tertiary/aromatic N) is 1. The Kier molecular flexibility index (Phi) is 5.45. The normalized spacial score (nSPS) is 21.6. The summed E-state index contributed by atoms with van der Waals surface area (Å²) in [5, 5.41) is 19.4. The molecule has 0 aliphatic carbocycles. The predicted molar refractivity (Wildman–Crippen MR) is 80.6 cm³/mol. The van der Waals surface area contributed by atoms with Crippen molar-refractivity contribution in [3.05, 3.63) is 35.4 Å². The molecule has 1 heterocycles. The van der Waals surface area contributed by atoms with Gasteiger partial charge < -0.3 is 20.7 Å². The number of β-amino-alcohol motifs (C(OH)–C–C–N with tert-alkyl or cyclic N) is 1. The second-order valence-electron chi connectivity index (χ2n) is 4.94. The van der Waals surface area contributed by atoms with E-state index in [9.17, 15) is 5.11 Å². The molecule has 4 N–H and O–H groups in total. The van der Waals surface area contributed by atoms with E-state index >= 15 is 0 Å². The third kappa shape index (κ3) is 3.97. The number of aliphatic hydroxyl groups excluding tert-OH is 2. The average Bonchev–Trinajstić information content (AvgIpc) is 2.47. The van der Waals surface area contributed by atoms with Gasteiger partial charge in [-0.25, -0.2) is 0 Å². The zero-order chi connectivity index (χ0) is 14.5. The molecule has 2 atom stereocenters. The van der Waals surface area contributed by atoms with Crippen LogP contribution in [0.25, 0.3) is 0 Å². The van der Waals surface area contributed by atoms with Gasteiger partial charge >= 0.3 is 0 Å². The van der Waals surface area contributed by atoms with Crippen LogP contribution < -0.4 is 5.73 Å². The minimum Gasteiger partial charge on any atom is -0.394 e. The monoisotopic (exact) mass is 296 g/mol. The lowest BCUT2D eigenvalue weighted by Gasteiger charge is -2.33. The van der Waals surface area contributed by atoms with Gasteiger partial charge in [-0.05, 0) is 5.56 Å². The molecule has 0 aromatic heterocycles. The van der Waals surface area contributed by atoms with Crippen LogP contribution in [0.15, 0.2) is 24.3 Å². The first-order valence-corrected chi connectivity index (χ1v) is 7.03. The molecule has 1 aliphatic rings. The molecular weight excluding hydrogens is 276 g/mol. The van der Waals surface area contributed by atoms with Crippen LogP contribution in [0.2, 0.25) is 0 Å². The molecule has 1 saturated heterocycles. The number of thiocarbonyl (C=S) groups is 1. The van der Waals surface area contributed by atoms with Crippen molar-refractivity contribution >= 4 is 17.2 Å². The third-order valence-corrected chi connectivity index (χ3v) is 3.67. The highest BCUT2D eigenvalue weighted by atomic mass is 32.1. The molecule has 0 spiro atoms. The Morgan fingerprint density at radius 1 is 1.45 bits per heavy atom. The largest absolute Gasteiger partial charge is 0.394 e. The van der Waals surface area contributed by atoms with E-state index in [0.29, 0.717) is 24.7 Å². The Labute approximate surface area is 124 Å². The number of benzene rings is 1. The Bertz CT molecular complexity index is 452. The van der Waals surface area contributed by atoms with Crippen molar-refractivity contribution in [2.24, 2.45) is 5.73 Å². The lowest BCUT2D eigenvalue weighted by molar-refractivity contribution is -0.0618. The maximum atomic E-state index is 10.3. The highest BCUT2D eigenvalue weighted by Crippen LogP contribution is 2.17. The molecular formula is C14H20N2O3S. The summed E-state index contributed by atoms with van der Waals surface area (Å²) in [6, 6.07) is 7.31. The quantitative estimate of drug-likeness (QED) is 0.666. The summed E-state index contributed by atoms with van der Waals surface area (Å²) in [6.07, 6.45) is -0.735. The van der Waals surface area contributed by atoms with Crippen molar-refractivity contribution in [2.75, 3.05) is 32.8 Å². The van der Waals surface area contributed by atoms with E-state index in [1.54, 1.807) is 0 Å². The van der Waals surface area contributed by atoms with E-state index in [2.05, 4.69) is 4.90 Å². The Hall–Kier alpha value is -1.05. The van der Waals surface area contributed by atoms with Gasteiger partial charge in [-0.2, -0.15) is 0 Å². The minimum absolute atomic E-state index is 0.00916. The molecule has 1 fully saturated rings. The van der Waals surface area contributed by atoms with Crippen LogP contribution >= 0.6 is 12.2 Å². The summed E-state index contributed by atoms with van der Waals surface area (Å²) in [7, 11) is 0. The van der Waals surface area contributed by atoms with Crippen LogP contribution in [0.1, 0.15) is 17.2 Å². The zero-order valence-corrected chi connectivity index (χ0v) is 12.1. The maximum Gasteiger partial charge on any atom is 0.103 e. The molecule has 2 rings (SSSR count). The third-order valence-electron chi connectivity index (χ3n) is 3.44. The predicted octanol–water partition coefficient (Wildman–Crippen LogP) is 0.0473. The fraction of sp³-hybridized carbons (Fsp3) is 0.500. The summed E-state index contributed by atoms with van der Waals surface area (Å²) in [4.78, 5) is 2.45. The summed E-state index contributed by atoms with van der Waals surface area (Å²) in [6.45, 7) is 2.51. The Morgan fingerprint density at radius 2 is 2.15 bits per heavy atom. The van der Waals surface area contributed by atoms with Crippen molar-refractivity contribution in [3.63, 3.8) is 0 Å². The molecule has 0 saturated carbocycles. The second kappa shape index (κ2) is 7.10. The lowest BCUT2D eigenvalue weighted by Crippen LogP contribution is -2.45. The topological polar surface area (TPSA) is 79.0 Å². The van der Waals surface area contributed by atoms with Gasteiger partial charge in [-0.3, -0.25) is 4.90 Å². The first-order valence-electron chi connectivity index (χ1n) is 6.63. The van der Waals surface area contributed by atoms with Gasteiger partial charge in [-0.15, -0.1) is 0 Å². The van der Waals surface area contributed by atoms with Gasteiger partial charge in [-0.1, -0.05) is 36.5 Å². The SMILES string of the molecule is NC(=S)c1ccc(C(O)CN2CCOC(CO)C2)cc1. The highest BCUT2D eigenvalue weighted by molar-refractivity contribution is 7.80. The fourth-order valence-electron chi connectivity index (χ4n) is 2.28. The highest BCUT2D eigenvalue weighted by Gasteiger charge is 2.22. The van der Waals surface area contributed by atoms with Crippen molar-refractivity contribution in [3.8, 4) is 0 Å². The van der Waals surface area contributed by atoms with Gasteiger partial charge in [0.1, 0.15) is 4.99 Å². The van der Waals surface area contributed by atoms with Crippen LogP contribution in [-0.2, 0) is 4.74 Å². The van der Waals surface area contributed by atoms with Crippen LogP contribution in [0, 0.1) is 0 Å². The molecule has 20 heavy (non-hydrogen) atoms. The number of morpholine rings is 1. The van der Waals surface area contributed by atoms with E-state index in [0.717, 1.165) is 17.7 Å². The van der Waals surface area contributed by atoms with E-state index in [-0.39, 0.29) is 12.7 Å². The number of nitrogens with two attached hydrogens (primary N) is 1. The lowest BCUT2D eigenvalue weighted by atomic mass is 10.1. The molecule has 6 heteroatoms. The molecule has 0 amide bonds. The summed E-state index contributed by atoms with van der Waals surface area (Å²) in [5.74, 6) is 0. The van der Waals surface area contributed by atoms with E-state index < -0.39 is 6.10 Å². The van der Waals surface area contributed by atoms with Crippen molar-refractivity contribution in [1.29, 1.82) is 0 Å². The van der Waals surface area contributed by atoms with Crippen LogP contribution in [-0.4, -0.2) is 59.1 Å². The second-order valence-corrected chi connectivity index (χ2v) is 5.38. The van der Waals surface area contributed by atoms with E-state index in [4.69, 9.17) is 27.8 Å². The van der Waals surface area contributed by atoms with E-state index in [1.165, 1.54) is 0 Å². The summed E-state index contributed by atoms with van der Waals surface area (Å²) >= 11 is 4.90. The van der Waals surface area contributed by atoms with Gasteiger partial charge in [0, 0.05) is 25.2 Å². The average molecular weight is 296 g/mol. The van der Waals surface area contributed by atoms with Gasteiger partial charge in [0.05, 0.1) is 25.4 Å². The van der Waals surface area contributed by atoms with Gasteiger partial charge in [0.15, 0.2) is 0 Å². The Balaban J connectivity index is 1.93. The molecule has 0 radical (unpaired) electrons. The molecule has 0 bridgehead atoms. The molecule has 1 aliphatic heterocycles. The maximum absolute atomic E-state index is 10.3. The fourth-order valence-corrected chi connectivity index (χ4v) is 2.41. The van der Waals surface area contributed by atoms with Crippen LogP contribution in [0.3, 0.4) is 0 Å².